The van der Waals surface area contributed by atoms with Gasteiger partial charge in [0.1, 0.15) is 17.9 Å². The van der Waals surface area contributed by atoms with Crippen molar-refractivity contribution in [2.45, 2.75) is 56.6 Å². The number of benzene rings is 1. The summed E-state index contributed by atoms with van der Waals surface area (Å²) in [4.78, 5) is 14.7. The van der Waals surface area contributed by atoms with Crippen molar-refractivity contribution in [2.75, 3.05) is 18.4 Å². The molecule has 1 N–H and O–H groups in total. The molecule has 0 bridgehead atoms. The summed E-state index contributed by atoms with van der Waals surface area (Å²) in [6.07, 6.45) is 5.05. The van der Waals surface area contributed by atoms with Gasteiger partial charge in [-0.3, -0.25) is 4.79 Å². The number of carbonyl (C=O) groups is 1. The molecular formula is C21H24N4O3. The molecule has 1 saturated heterocycles. The molecule has 28 heavy (non-hydrogen) atoms. The van der Waals surface area contributed by atoms with Gasteiger partial charge in [0.2, 0.25) is 11.8 Å². The van der Waals surface area contributed by atoms with Crippen molar-refractivity contribution in [3.05, 3.63) is 35.7 Å². The standard InChI is InChI=1S/C21H24N4O3/c1-12(19(26)25-10-8-21(6-7-21)9-11-25)22-20-24-23-18(28-20)16-15-13-4-2-3-5-14(13)27-17(15)16/h2-5,12,15-17H,6-11H2,1H3,(H,22,24)/t12-,15+,16+,17+/m0/s1. The molecule has 1 amide bonds. The Bertz CT molecular complexity index is 927. The summed E-state index contributed by atoms with van der Waals surface area (Å²) in [5.74, 6) is 2.06. The molecule has 2 aliphatic heterocycles. The molecule has 1 aromatic heterocycles. The molecular weight excluding hydrogens is 356 g/mol. The minimum Gasteiger partial charge on any atom is -0.489 e. The van der Waals surface area contributed by atoms with Crippen molar-refractivity contribution in [3.8, 4) is 5.75 Å². The van der Waals surface area contributed by atoms with E-state index in [1.807, 2.05) is 30.0 Å². The fraction of sp³-hybridized carbons (Fsp3) is 0.571. The second kappa shape index (κ2) is 5.72. The van der Waals surface area contributed by atoms with E-state index >= 15 is 0 Å². The maximum Gasteiger partial charge on any atom is 0.316 e. The number of likely N-dealkylation sites (tertiary alicyclic amines) is 1. The van der Waals surface area contributed by atoms with E-state index in [1.54, 1.807) is 0 Å². The van der Waals surface area contributed by atoms with Crippen molar-refractivity contribution in [1.82, 2.24) is 15.1 Å². The number of ether oxygens (including phenoxy) is 1. The largest absolute Gasteiger partial charge is 0.489 e. The lowest BCUT2D eigenvalue weighted by atomic mass is 9.93. The zero-order chi connectivity index (χ0) is 18.9. The number of hydrogen-bond donors (Lipinski definition) is 1. The predicted molar refractivity (Wildman–Crippen MR) is 101 cm³/mol. The van der Waals surface area contributed by atoms with Gasteiger partial charge in [-0.25, -0.2) is 0 Å². The second-order valence-corrected chi connectivity index (χ2v) is 8.81. The van der Waals surface area contributed by atoms with E-state index in [9.17, 15) is 4.79 Å². The minimum absolute atomic E-state index is 0.0906. The number of rotatable bonds is 4. The van der Waals surface area contributed by atoms with E-state index in [4.69, 9.17) is 9.15 Å². The van der Waals surface area contributed by atoms with Gasteiger partial charge in [-0.05, 0) is 44.1 Å². The summed E-state index contributed by atoms with van der Waals surface area (Å²) in [7, 11) is 0. The molecule has 6 rings (SSSR count). The van der Waals surface area contributed by atoms with E-state index < -0.39 is 0 Å². The van der Waals surface area contributed by atoms with Crippen LogP contribution in [0.1, 0.15) is 55.9 Å². The van der Waals surface area contributed by atoms with Gasteiger partial charge in [0.05, 0.1) is 5.92 Å². The molecule has 7 heteroatoms. The van der Waals surface area contributed by atoms with Gasteiger partial charge < -0.3 is 19.4 Å². The zero-order valence-electron chi connectivity index (χ0n) is 15.9. The predicted octanol–water partition coefficient (Wildman–Crippen LogP) is 2.91. The summed E-state index contributed by atoms with van der Waals surface area (Å²) in [6, 6.07) is 8.04. The van der Waals surface area contributed by atoms with E-state index in [1.165, 1.54) is 18.4 Å². The smallest absolute Gasteiger partial charge is 0.316 e. The number of fused-ring (bicyclic) bond motifs is 3. The van der Waals surface area contributed by atoms with Crippen LogP contribution < -0.4 is 10.1 Å². The topological polar surface area (TPSA) is 80.5 Å². The zero-order valence-corrected chi connectivity index (χ0v) is 15.9. The van der Waals surface area contributed by atoms with Gasteiger partial charge in [0, 0.05) is 24.6 Å². The number of para-hydroxylation sites is 1. The summed E-state index contributed by atoms with van der Waals surface area (Å²) in [6.45, 7) is 3.59. The van der Waals surface area contributed by atoms with Crippen LogP contribution in [0.25, 0.3) is 0 Å². The van der Waals surface area contributed by atoms with Gasteiger partial charge in [-0.2, -0.15) is 0 Å². The number of amides is 1. The quantitative estimate of drug-likeness (QED) is 0.878. The lowest BCUT2D eigenvalue weighted by molar-refractivity contribution is -0.133. The highest BCUT2D eigenvalue weighted by atomic mass is 16.5. The van der Waals surface area contributed by atoms with Crippen LogP contribution in [0.15, 0.2) is 28.7 Å². The monoisotopic (exact) mass is 380 g/mol. The minimum atomic E-state index is -0.378. The number of nitrogens with one attached hydrogen (secondary N) is 1. The van der Waals surface area contributed by atoms with Gasteiger partial charge >= 0.3 is 6.01 Å². The van der Waals surface area contributed by atoms with Gasteiger partial charge in [0.25, 0.3) is 0 Å². The molecule has 3 fully saturated rings. The highest BCUT2D eigenvalue weighted by Crippen LogP contribution is 2.62. The molecule has 4 aliphatic rings. The van der Waals surface area contributed by atoms with Crippen molar-refractivity contribution in [3.63, 3.8) is 0 Å². The summed E-state index contributed by atoms with van der Waals surface area (Å²) in [5.41, 5.74) is 1.78. The normalized spacial score (nSPS) is 29.6. The lowest BCUT2D eigenvalue weighted by Crippen LogP contribution is -2.45. The Morgan fingerprint density at radius 2 is 1.96 bits per heavy atom. The molecule has 0 radical (unpaired) electrons. The molecule has 1 spiro atoms. The highest BCUT2D eigenvalue weighted by molar-refractivity contribution is 5.83. The Morgan fingerprint density at radius 1 is 1.18 bits per heavy atom. The number of nitrogens with zero attached hydrogens (tertiary/aromatic N) is 3. The number of carbonyl (C=O) groups excluding carboxylic acids is 1. The molecule has 0 unspecified atom stereocenters. The lowest BCUT2D eigenvalue weighted by Gasteiger charge is -2.33. The third kappa shape index (κ3) is 2.52. The molecule has 146 valence electrons. The van der Waals surface area contributed by atoms with Crippen molar-refractivity contribution in [2.24, 2.45) is 5.41 Å². The first-order chi connectivity index (χ1) is 13.6. The molecule has 2 saturated carbocycles. The first kappa shape index (κ1) is 16.4. The third-order valence-electron chi connectivity index (χ3n) is 7.02. The van der Waals surface area contributed by atoms with Crippen LogP contribution >= 0.6 is 0 Å². The van der Waals surface area contributed by atoms with Crippen LogP contribution in [0.3, 0.4) is 0 Å². The molecule has 4 atom stereocenters. The second-order valence-electron chi connectivity index (χ2n) is 8.81. The molecule has 3 heterocycles. The third-order valence-corrected chi connectivity index (χ3v) is 7.02. The Kier molecular flexibility index (Phi) is 3.35. The van der Waals surface area contributed by atoms with E-state index in [0.29, 0.717) is 23.2 Å². The summed E-state index contributed by atoms with van der Waals surface area (Å²) >= 11 is 0. The molecule has 2 aromatic rings. The van der Waals surface area contributed by atoms with Crippen molar-refractivity contribution < 1.29 is 13.9 Å². The molecule has 1 aromatic carbocycles. The average Bonchev–Trinajstić information content (AvgIpc) is 3.52. The molecule has 2 aliphatic carbocycles. The highest BCUT2D eigenvalue weighted by Gasteiger charge is 2.62. The van der Waals surface area contributed by atoms with Gasteiger partial charge in [-0.1, -0.05) is 23.3 Å². The molecule has 7 nitrogen and oxygen atoms in total. The SMILES string of the molecule is C[C@H](Nc1nnc([C@H]2[C@@H]3Oc4ccccc4[C@@H]32)o1)C(=O)N1CCC2(CC1)CC2. The summed E-state index contributed by atoms with van der Waals surface area (Å²) in [5, 5.41) is 11.4. The van der Waals surface area contributed by atoms with E-state index in [0.717, 1.165) is 31.7 Å². The van der Waals surface area contributed by atoms with E-state index in [2.05, 4.69) is 21.6 Å². The number of hydrogen-bond acceptors (Lipinski definition) is 6. The van der Waals surface area contributed by atoms with Crippen LogP contribution in [-0.2, 0) is 4.79 Å². The van der Waals surface area contributed by atoms with Crippen molar-refractivity contribution >= 4 is 11.9 Å². The van der Waals surface area contributed by atoms with Gasteiger partial charge in [-0.15, -0.1) is 5.10 Å². The Hall–Kier alpha value is -2.57. The van der Waals surface area contributed by atoms with Crippen LogP contribution in [0.2, 0.25) is 0 Å². The average molecular weight is 380 g/mol. The fourth-order valence-corrected chi connectivity index (χ4v) is 4.93. The number of piperidine rings is 1. The Balaban J connectivity index is 1.09. The fourth-order valence-electron chi connectivity index (χ4n) is 4.93. The maximum absolute atomic E-state index is 12.7. The van der Waals surface area contributed by atoms with Crippen LogP contribution in [0.4, 0.5) is 6.01 Å². The van der Waals surface area contributed by atoms with Crippen LogP contribution in [0.5, 0.6) is 5.75 Å². The van der Waals surface area contributed by atoms with Crippen LogP contribution in [-0.4, -0.2) is 46.2 Å². The van der Waals surface area contributed by atoms with Gasteiger partial charge in [0.15, 0.2) is 0 Å². The van der Waals surface area contributed by atoms with Crippen LogP contribution in [0, 0.1) is 5.41 Å². The maximum atomic E-state index is 12.7. The first-order valence-electron chi connectivity index (χ1n) is 10.3. The number of anilines is 1. The number of aromatic nitrogens is 2. The summed E-state index contributed by atoms with van der Waals surface area (Å²) < 4.78 is 11.8. The first-order valence-corrected chi connectivity index (χ1v) is 10.3. The van der Waals surface area contributed by atoms with E-state index in [-0.39, 0.29) is 24.0 Å². The Morgan fingerprint density at radius 3 is 2.75 bits per heavy atom. The van der Waals surface area contributed by atoms with Crippen molar-refractivity contribution in [1.29, 1.82) is 0 Å². The Labute approximate surface area is 163 Å².